The van der Waals surface area contributed by atoms with Crippen LogP contribution in [-0.4, -0.2) is 23.0 Å². The van der Waals surface area contributed by atoms with Crippen molar-refractivity contribution >= 4 is 34.8 Å². The van der Waals surface area contributed by atoms with E-state index < -0.39 is 11.7 Å². The normalized spacial score (nSPS) is 10.4. The summed E-state index contributed by atoms with van der Waals surface area (Å²) in [7, 11) is 1.53. The lowest BCUT2D eigenvalue weighted by Gasteiger charge is -2.11. The Balaban J connectivity index is 1.79. The highest BCUT2D eigenvalue weighted by Crippen LogP contribution is 2.26. The van der Waals surface area contributed by atoms with Crippen LogP contribution < -0.4 is 15.4 Å². The summed E-state index contributed by atoms with van der Waals surface area (Å²) in [4.78, 5) is 20.8. The van der Waals surface area contributed by atoms with E-state index in [4.69, 9.17) is 16.3 Å². The molecule has 8 heteroatoms. The van der Waals surface area contributed by atoms with Crippen molar-refractivity contribution in [3.63, 3.8) is 0 Å². The van der Waals surface area contributed by atoms with Crippen LogP contribution in [0.3, 0.4) is 0 Å². The lowest BCUT2D eigenvalue weighted by Crippen LogP contribution is -2.15. The number of amides is 1. The summed E-state index contributed by atoms with van der Waals surface area (Å²) in [5.41, 5.74) is 2.17. The average molecular weight is 387 g/mol. The number of aryl methyl sites for hydroxylation is 1. The number of hydrogen-bond acceptors (Lipinski definition) is 5. The Bertz CT molecular complexity index is 997. The van der Waals surface area contributed by atoms with Crippen molar-refractivity contribution < 1.29 is 13.9 Å². The van der Waals surface area contributed by atoms with Gasteiger partial charge in [-0.1, -0.05) is 17.7 Å². The lowest BCUT2D eigenvalue weighted by atomic mass is 10.2. The summed E-state index contributed by atoms with van der Waals surface area (Å²) in [6, 6.07) is 11.1. The number of rotatable bonds is 5. The predicted molar refractivity (Wildman–Crippen MR) is 102 cm³/mol. The molecule has 0 aliphatic heterocycles. The molecule has 0 saturated carbocycles. The molecule has 0 radical (unpaired) electrons. The zero-order valence-electron chi connectivity index (χ0n) is 14.6. The van der Waals surface area contributed by atoms with Gasteiger partial charge in [-0.2, -0.15) is 0 Å². The van der Waals surface area contributed by atoms with Crippen LogP contribution in [-0.2, 0) is 0 Å². The van der Waals surface area contributed by atoms with E-state index in [9.17, 15) is 9.18 Å². The number of carbonyl (C=O) groups excluding carboxylic acids is 1. The fraction of sp³-hybridized carbons (Fsp3) is 0.105. The van der Waals surface area contributed by atoms with Crippen LogP contribution in [0, 0.1) is 12.7 Å². The molecule has 27 heavy (non-hydrogen) atoms. The van der Waals surface area contributed by atoms with E-state index in [0.717, 1.165) is 5.56 Å². The van der Waals surface area contributed by atoms with E-state index in [1.54, 1.807) is 12.1 Å². The van der Waals surface area contributed by atoms with E-state index in [0.29, 0.717) is 17.1 Å². The first-order chi connectivity index (χ1) is 13.0. The largest absolute Gasteiger partial charge is 0.495 e. The van der Waals surface area contributed by atoms with Gasteiger partial charge in [-0.15, -0.1) is 0 Å². The third-order valence-electron chi connectivity index (χ3n) is 3.67. The van der Waals surface area contributed by atoms with Gasteiger partial charge in [-0.25, -0.2) is 14.4 Å². The maximum atomic E-state index is 13.3. The summed E-state index contributed by atoms with van der Waals surface area (Å²) in [6.07, 6.45) is 1.45. The fourth-order valence-electron chi connectivity index (χ4n) is 2.35. The Morgan fingerprint density at radius 3 is 2.74 bits per heavy atom. The molecule has 3 aromatic rings. The number of nitrogens with zero attached hydrogens (tertiary/aromatic N) is 2. The van der Waals surface area contributed by atoms with Gasteiger partial charge < -0.3 is 15.4 Å². The maximum Gasteiger partial charge on any atom is 0.274 e. The van der Waals surface area contributed by atoms with Crippen molar-refractivity contribution in [3.05, 3.63) is 70.8 Å². The number of benzene rings is 2. The Labute approximate surface area is 160 Å². The second-order valence-corrected chi connectivity index (χ2v) is 6.08. The lowest BCUT2D eigenvalue weighted by molar-refractivity contribution is 0.102. The number of anilines is 3. The molecule has 0 unspecified atom stereocenters. The van der Waals surface area contributed by atoms with Gasteiger partial charge in [0.15, 0.2) is 0 Å². The zero-order chi connectivity index (χ0) is 19.4. The molecular weight excluding hydrogens is 371 g/mol. The van der Waals surface area contributed by atoms with Crippen LogP contribution in [0.2, 0.25) is 5.02 Å². The van der Waals surface area contributed by atoms with Crippen LogP contribution in [0.4, 0.5) is 21.7 Å². The van der Waals surface area contributed by atoms with E-state index in [1.165, 1.54) is 37.6 Å². The Morgan fingerprint density at radius 1 is 1.19 bits per heavy atom. The van der Waals surface area contributed by atoms with E-state index >= 15 is 0 Å². The van der Waals surface area contributed by atoms with Crippen molar-refractivity contribution in [2.24, 2.45) is 0 Å². The maximum absolute atomic E-state index is 13.3. The van der Waals surface area contributed by atoms with Crippen molar-refractivity contribution in [3.8, 4) is 5.75 Å². The molecule has 0 aliphatic rings. The number of aromatic nitrogens is 2. The first kappa shape index (κ1) is 18.6. The molecule has 2 aromatic carbocycles. The molecule has 3 rings (SSSR count). The average Bonchev–Trinajstić information content (AvgIpc) is 2.65. The molecule has 1 heterocycles. The summed E-state index contributed by atoms with van der Waals surface area (Å²) in [6.45, 7) is 1.91. The van der Waals surface area contributed by atoms with E-state index in [1.807, 2.05) is 13.0 Å². The fourth-order valence-corrected chi connectivity index (χ4v) is 2.53. The summed E-state index contributed by atoms with van der Waals surface area (Å²) >= 11 is 5.76. The van der Waals surface area contributed by atoms with Crippen LogP contribution in [0.1, 0.15) is 16.1 Å². The van der Waals surface area contributed by atoms with Gasteiger partial charge in [0.05, 0.1) is 17.8 Å². The van der Waals surface area contributed by atoms with Gasteiger partial charge in [0.25, 0.3) is 5.91 Å². The SMILES string of the molecule is COc1ccc(C)cc1NC(=O)c1ccnc(Nc2ccc(F)c(Cl)c2)n1. The topological polar surface area (TPSA) is 76.1 Å². The standard InChI is InChI=1S/C19H16ClFN4O2/c1-11-3-6-17(27-2)16(9-11)24-18(26)15-7-8-22-19(25-15)23-12-4-5-14(21)13(20)10-12/h3-10H,1-2H3,(H,24,26)(H,22,23,25). The van der Waals surface area contributed by atoms with Crippen LogP contribution >= 0.6 is 11.6 Å². The van der Waals surface area contributed by atoms with Gasteiger partial charge in [0.2, 0.25) is 5.95 Å². The Morgan fingerprint density at radius 2 is 2.00 bits per heavy atom. The third-order valence-corrected chi connectivity index (χ3v) is 3.96. The number of methoxy groups -OCH3 is 1. The molecule has 0 aliphatic carbocycles. The van der Waals surface area contributed by atoms with Crippen molar-refractivity contribution in [2.45, 2.75) is 6.92 Å². The van der Waals surface area contributed by atoms with Gasteiger partial charge >= 0.3 is 0 Å². The number of hydrogen-bond donors (Lipinski definition) is 2. The van der Waals surface area contributed by atoms with Crippen LogP contribution in [0.25, 0.3) is 0 Å². The molecular formula is C19H16ClFN4O2. The van der Waals surface area contributed by atoms with Gasteiger partial charge in [-0.05, 0) is 48.9 Å². The third kappa shape index (κ3) is 4.51. The first-order valence-corrected chi connectivity index (χ1v) is 8.35. The molecule has 0 atom stereocenters. The van der Waals surface area contributed by atoms with E-state index in [2.05, 4.69) is 20.6 Å². The zero-order valence-corrected chi connectivity index (χ0v) is 15.3. The molecule has 138 valence electrons. The summed E-state index contributed by atoms with van der Waals surface area (Å²) in [5, 5.41) is 5.63. The second kappa shape index (κ2) is 8.01. The number of halogens is 2. The minimum Gasteiger partial charge on any atom is -0.495 e. The molecule has 1 amide bonds. The molecule has 1 aromatic heterocycles. The second-order valence-electron chi connectivity index (χ2n) is 5.68. The quantitative estimate of drug-likeness (QED) is 0.671. The molecule has 6 nitrogen and oxygen atoms in total. The monoisotopic (exact) mass is 386 g/mol. The van der Waals surface area contributed by atoms with Crippen molar-refractivity contribution in [1.29, 1.82) is 0 Å². The molecule has 0 spiro atoms. The summed E-state index contributed by atoms with van der Waals surface area (Å²) in [5.74, 6) is -0.214. The number of nitrogens with one attached hydrogen (secondary N) is 2. The molecule has 0 fully saturated rings. The van der Waals surface area contributed by atoms with E-state index in [-0.39, 0.29) is 16.7 Å². The molecule has 2 N–H and O–H groups in total. The first-order valence-electron chi connectivity index (χ1n) is 7.97. The van der Waals surface area contributed by atoms with Crippen molar-refractivity contribution in [1.82, 2.24) is 9.97 Å². The van der Waals surface area contributed by atoms with Gasteiger partial charge in [0, 0.05) is 11.9 Å². The minimum atomic E-state index is -0.525. The smallest absolute Gasteiger partial charge is 0.274 e. The predicted octanol–water partition coefficient (Wildman–Crippen LogP) is 4.58. The van der Waals surface area contributed by atoms with Gasteiger partial charge in [-0.3, -0.25) is 4.79 Å². The van der Waals surface area contributed by atoms with Crippen molar-refractivity contribution in [2.75, 3.05) is 17.7 Å². The molecule has 0 bridgehead atoms. The Kier molecular flexibility index (Phi) is 5.52. The van der Waals surface area contributed by atoms with Crippen LogP contribution in [0.15, 0.2) is 48.7 Å². The minimum absolute atomic E-state index is 0.0274. The highest BCUT2D eigenvalue weighted by atomic mass is 35.5. The summed E-state index contributed by atoms with van der Waals surface area (Å²) < 4.78 is 18.5. The highest BCUT2D eigenvalue weighted by Gasteiger charge is 2.13. The van der Waals surface area contributed by atoms with Gasteiger partial charge in [0.1, 0.15) is 17.3 Å². The highest BCUT2D eigenvalue weighted by molar-refractivity contribution is 6.31. The van der Waals surface area contributed by atoms with Crippen LogP contribution in [0.5, 0.6) is 5.75 Å². The number of carbonyl (C=O) groups is 1. The number of ether oxygens (including phenoxy) is 1. The molecule has 0 saturated heterocycles. The Hall–Kier alpha value is -3.19.